The molecule has 0 aromatic heterocycles. The second-order valence-electron chi connectivity index (χ2n) is 7.79. The second kappa shape index (κ2) is 7.15. The molecule has 2 aliphatic carbocycles. The third kappa shape index (κ3) is 3.43. The van der Waals surface area contributed by atoms with Crippen LogP contribution in [0.1, 0.15) is 50.0 Å². The molecular formula is C20H24ClN3O3. The maximum atomic E-state index is 12.6. The van der Waals surface area contributed by atoms with Gasteiger partial charge in [-0.2, -0.15) is 0 Å². The van der Waals surface area contributed by atoms with Crippen molar-refractivity contribution < 1.29 is 14.4 Å². The predicted molar refractivity (Wildman–Crippen MR) is 101 cm³/mol. The molecule has 2 N–H and O–H groups in total. The van der Waals surface area contributed by atoms with E-state index in [9.17, 15) is 14.4 Å². The first-order chi connectivity index (χ1) is 13.0. The molecule has 27 heavy (non-hydrogen) atoms. The van der Waals surface area contributed by atoms with E-state index in [1.807, 2.05) is 24.3 Å². The maximum Gasteiger partial charge on any atom is 0.325 e. The summed E-state index contributed by atoms with van der Waals surface area (Å²) in [6, 6.07) is 7.34. The minimum Gasteiger partial charge on any atom is -0.356 e. The van der Waals surface area contributed by atoms with Crippen molar-refractivity contribution in [1.29, 1.82) is 0 Å². The van der Waals surface area contributed by atoms with Crippen LogP contribution in [-0.4, -0.2) is 41.4 Å². The lowest BCUT2D eigenvalue weighted by Gasteiger charge is -2.20. The van der Waals surface area contributed by atoms with Crippen LogP contribution >= 0.6 is 11.6 Å². The minimum absolute atomic E-state index is 0.0179. The van der Waals surface area contributed by atoms with Gasteiger partial charge >= 0.3 is 6.03 Å². The van der Waals surface area contributed by atoms with Crippen molar-refractivity contribution in [3.63, 3.8) is 0 Å². The van der Waals surface area contributed by atoms with E-state index in [4.69, 9.17) is 11.6 Å². The number of halogens is 1. The quantitative estimate of drug-likeness (QED) is 0.580. The molecule has 6 nitrogen and oxygen atoms in total. The van der Waals surface area contributed by atoms with Gasteiger partial charge < -0.3 is 10.6 Å². The van der Waals surface area contributed by atoms with Crippen molar-refractivity contribution in [2.75, 3.05) is 13.1 Å². The Morgan fingerprint density at radius 3 is 2.74 bits per heavy atom. The van der Waals surface area contributed by atoms with E-state index in [-0.39, 0.29) is 29.7 Å². The lowest BCUT2D eigenvalue weighted by Crippen LogP contribution is -2.44. The number of hydrogen-bond donors (Lipinski definition) is 2. The highest BCUT2D eigenvalue weighted by atomic mass is 35.5. The van der Waals surface area contributed by atoms with Crippen molar-refractivity contribution in [3.8, 4) is 0 Å². The Morgan fingerprint density at radius 2 is 2.00 bits per heavy atom. The van der Waals surface area contributed by atoms with Gasteiger partial charge in [-0.3, -0.25) is 14.5 Å². The Hall–Kier alpha value is -2.08. The third-order valence-corrected chi connectivity index (χ3v) is 6.34. The number of benzene rings is 1. The Bertz CT molecular complexity index is 775. The lowest BCUT2D eigenvalue weighted by molar-refractivity contribution is -0.131. The number of hydrogen-bond acceptors (Lipinski definition) is 3. The van der Waals surface area contributed by atoms with Gasteiger partial charge in [-0.25, -0.2) is 4.79 Å². The molecule has 4 amide bonds. The van der Waals surface area contributed by atoms with Crippen molar-refractivity contribution in [2.24, 2.45) is 5.92 Å². The van der Waals surface area contributed by atoms with Crippen molar-refractivity contribution >= 4 is 29.4 Å². The highest BCUT2D eigenvalue weighted by Gasteiger charge is 2.52. The van der Waals surface area contributed by atoms with Crippen LogP contribution in [0.4, 0.5) is 4.79 Å². The largest absolute Gasteiger partial charge is 0.356 e. The van der Waals surface area contributed by atoms with Crippen LogP contribution in [0.3, 0.4) is 0 Å². The van der Waals surface area contributed by atoms with Crippen molar-refractivity contribution in [2.45, 2.75) is 50.0 Å². The van der Waals surface area contributed by atoms with E-state index in [1.165, 1.54) is 4.90 Å². The van der Waals surface area contributed by atoms with Crippen LogP contribution in [0.15, 0.2) is 24.3 Å². The molecule has 2 saturated carbocycles. The smallest absolute Gasteiger partial charge is 0.325 e. The number of nitrogens with one attached hydrogen (secondary N) is 2. The standard InChI is InChI=1S/C20H24ClN3O3/c21-16-7-2-1-6-13(16)14-12-15(14)17(25)22-10-5-11-24-18(26)20(23-19(24)27)8-3-4-9-20/h1-2,6-7,14-15H,3-5,8-12H2,(H,22,25)(H,23,27)/t14-,15-/m1/s1. The average molecular weight is 390 g/mol. The first-order valence-electron chi connectivity index (χ1n) is 9.68. The predicted octanol–water partition coefficient (Wildman–Crippen LogP) is 2.81. The summed E-state index contributed by atoms with van der Waals surface area (Å²) < 4.78 is 0. The molecule has 0 radical (unpaired) electrons. The van der Waals surface area contributed by atoms with Gasteiger partial charge in [0.15, 0.2) is 0 Å². The monoisotopic (exact) mass is 389 g/mol. The molecule has 1 aromatic carbocycles. The van der Waals surface area contributed by atoms with Gasteiger partial charge in [0, 0.05) is 24.0 Å². The fourth-order valence-electron chi connectivity index (χ4n) is 4.38. The molecule has 1 aromatic rings. The molecule has 7 heteroatoms. The number of amides is 4. The van der Waals surface area contributed by atoms with Crippen LogP contribution in [0.5, 0.6) is 0 Å². The Morgan fingerprint density at radius 1 is 1.26 bits per heavy atom. The molecular weight excluding hydrogens is 366 g/mol. The Labute approximate surface area is 163 Å². The zero-order chi connectivity index (χ0) is 19.0. The van der Waals surface area contributed by atoms with Gasteiger partial charge in [0.25, 0.3) is 5.91 Å². The van der Waals surface area contributed by atoms with Gasteiger partial charge in [0.1, 0.15) is 5.54 Å². The number of nitrogens with zero attached hydrogens (tertiary/aromatic N) is 1. The molecule has 1 heterocycles. The number of carbonyl (C=O) groups is 3. The SMILES string of the molecule is O=C(NCCCN1C(=O)NC2(CCCC2)C1=O)[C@@H]1C[C@@H]1c1ccccc1Cl. The molecule has 3 aliphatic rings. The number of rotatable bonds is 6. The Balaban J connectivity index is 1.22. The summed E-state index contributed by atoms with van der Waals surface area (Å²) in [5.74, 6) is 0.0666. The highest BCUT2D eigenvalue weighted by Crippen LogP contribution is 2.49. The molecule has 3 fully saturated rings. The van der Waals surface area contributed by atoms with Crippen LogP contribution in [0, 0.1) is 5.92 Å². The van der Waals surface area contributed by atoms with E-state index >= 15 is 0 Å². The maximum absolute atomic E-state index is 12.6. The zero-order valence-electron chi connectivity index (χ0n) is 15.2. The van der Waals surface area contributed by atoms with Crippen molar-refractivity contribution in [1.82, 2.24) is 15.5 Å². The normalized spacial score (nSPS) is 25.7. The lowest BCUT2D eigenvalue weighted by atomic mass is 9.98. The highest BCUT2D eigenvalue weighted by molar-refractivity contribution is 6.31. The van der Waals surface area contributed by atoms with Gasteiger partial charge in [-0.05, 0) is 43.2 Å². The summed E-state index contributed by atoms with van der Waals surface area (Å²) in [5.41, 5.74) is 0.372. The minimum atomic E-state index is -0.656. The van der Waals surface area contributed by atoms with Crippen LogP contribution in [0.25, 0.3) is 0 Å². The summed E-state index contributed by atoms with van der Waals surface area (Å²) in [6.07, 6.45) is 4.79. The molecule has 144 valence electrons. The summed E-state index contributed by atoms with van der Waals surface area (Å²) in [4.78, 5) is 38.3. The van der Waals surface area contributed by atoms with E-state index in [2.05, 4.69) is 10.6 Å². The third-order valence-electron chi connectivity index (χ3n) is 5.99. The van der Waals surface area contributed by atoms with E-state index in [0.717, 1.165) is 37.7 Å². The van der Waals surface area contributed by atoms with E-state index < -0.39 is 5.54 Å². The summed E-state index contributed by atoms with van der Waals surface area (Å²) >= 11 is 6.20. The van der Waals surface area contributed by atoms with Gasteiger partial charge in [0.05, 0.1) is 0 Å². The summed E-state index contributed by atoms with van der Waals surface area (Å²) in [6.45, 7) is 0.792. The van der Waals surface area contributed by atoms with E-state index in [1.54, 1.807) is 0 Å². The molecule has 1 aliphatic heterocycles. The number of urea groups is 1. The molecule has 4 rings (SSSR count). The first-order valence-corrected chi connectivity index (χ1v) is 10.1. The molecule has 1 spiro atoms. The van der Waals surface area contributed by atoms with E-state index in [0.29, 0.717) is 24.5 Å². The molecule has 1 saturated heterocycles. The number of imide groups is 1. The zero-order valence-corrected chi connectivity index (χ0v) is 15.9. The van der Waals surface area contributed by atoms with Crippen LogP contribution in [0.2, 0.25) is 5.02 Å². The second-order valence-corrected chi connectivity index (χ2v) is 8.20. The fraction of sp³-hybridized carbons (Fsp3) is 0.550. The van der Waals surface area contributed by atoms with Gasteiger partial charge in [0.2, 0.25) is 5.91 Å². The van der Waals surface area contributed by atoms with Gasteiger partial charge in [-0.1, -0.05) is 42.6 Å². The fourth-order valence-corrected chi connectivity index (χ4v) is 4.66. The number of carbonyl (C=O) groups excluding carboxylic acids is 3. The van der Waals surface area contributed by atoms with Crippen LogP contribution in [-0.2, 0) is 9.59 Å². The molecule has 0 unspecified atom stereocenters. The average Bonchev–Trinajstić information content (AvgIpc) is 3.25. The summed E-state index contributed by atoms with van der Waals surface area (Å²) in [7, 11) is 0. The topological polar surface area (TPSA) is 78.5 Å². The molecule has 2 atom stereocenters. The Kier molecular flexibility index (Phi) is 4.84. The van der Waals surface area contributed by atoms with Gasteiger partial charge in [-0.15, -0.1) is 0 Å². The van der Waals surface area contributed by atoms with Crippen LogP contribution < -0.4 is 10.6 Å². The first kappa shape index (κ1) is 18.3. The van der Waals surface area contributed by atoms with Crippen molar-refractivity contribution in [3.05, 3.63) is 34.9 Å². The summed E-state index contributed by atoms with van der Waals surface area (Å²) in [5, 5.41) is 6.51. The molecule has 0 bridgehead atoms.